The smallest absolute Gasteiger partial charge is 0.330 e. The van der Waals surface area contributed by atoms with Crippen LogP contribution in [0.4, 0.5) is 0 Å². The number of halogens is 6. The predicted molar refractivity (Wildman–Crippen MR) is 423 cm³/mol. The Bertz CT molecular complexity index is 2860. The fourth-order valence-corrected chi connectivity index (χ4v) is 56.1. The molecule has 0 N–H and O–H groups in total. The molecule has 0 saturated heterocycles. The van der Waals surface area contributed by atoms with E-state index in [0.717, 1.165) is 63.1 Å². The van der Waals surface area contributed by atoms with Crippen LogP contribution in [-0.4, -0.2) is 78.0 Å². The summed E-state index contributed by atoms with van der Waals surface area (Å²) in [6, 6.07) is 85.6. The van der Waals surface area contributed by atoms with Crippen LogP contribution < -0.4 is 41.5 Å². The molecule has 0 bridgehead atoms. The largest absolute Gasteiger partial charge is 0.344 e. The third-order valence-corrected chi connectivity index (χ3v) is 55.3. The lowest BCUT2D eigenvalue weighted by Gasteiger charge is -2.62. The van der Waals surface area contributed by atoms with E-state index in [4.69, 9.17) is 66.5 Å². The van der Waals surface area contributed by atoms with Crippen LogP contribution in [0.2, 0.25) is 31.2 Å². The normalized spacial score (nSPS) is 14.2. The van der Waals surface area contributed by atoms with Gasteiger partial charge in [0.15, 0.2) is 32.9 Å². The first-order valence-electron chi connectivity index (χ1n) is 32.7. The van der Waals surface area contributed by atoms with Gasteiger partial charge in [-0.25, -0.2) is 0 Å². The quantitative estimate of drug-likeness (QED) is 0.0274. The maximum Gasteiger partial charge on any atom is 0.344 e. The summed E-state index contributed by atoms with van der Waals surface area (Å²) in [4.78, 5) is 0. The Balaban J connectivity index is 1.10. The Morgan fingerprint density at radius 2 is 0.440 bits per heavy atom. The van der Waals surface area contributed by atoms with E-state index in [9.17, 15) is 0 Å². The van der Waals surface area contributed by atoms with E-state index in [1.807, 2.05) is 11.8 Å². The van der Waals surface area contributed by atoms with Crippen molar-refractivity contribution in [3.05, 3.63) is 243 Å². The molecule has 0 aliphatic rings. The van der Waals surface area contributed by atoms with Gasteiger partial charge in [0.1, 0.15) is 0 Å². The SMILES string of the molecule is CC(C)(C)[Si](c1ccccc1)(c1ccccc1)N(CCCC(CCSCCC(CCCN([Si](c1ccccc1)(c1ccccc1)C(C)(C)C)[Si](c1ccccc1)(c1ccccc1)C(C)(C)C)[Si](Cl)(Cl)Cl)[Si](Cl)(Cl)Cl)[Si](c1ccccc1)(c1ccccc1)C(C)(C)C. The minimum Gasteiger partial charge on any atom is -0.330 e. The van der Waals surface area contributed by atoms with E-state index in [-0.39, 0.29) is 31.2 Å². The van der Waals surface area contributed by atoms with Crippen molar-refractivity contribution in [1.29, 1.82) is 0 Å². The van der Waals surface area contributed by atoms with Gasteiger partial charge < -0.3 is 8.46 Å². The van der Waals surface area contributed by atoms with Crippen LogP contribution in [0, 0.1) is 0 Å². The Morgan fingerprint density at radius 1 is 0.275 bits per heavy atom. The Kier molecular flexibility index (Phi) is 25.2. The van der Waals surface area contributed by atoms with Crippen LogP contribution in [-0.2, 0) is 0 Å². The van der Waals surface area contributed by atoms with Crippen molar-refractivity contribution in [3.8, 4) is 0 Å². The summed E-state index contributed by atoms with van der Waals surface area (Å²) in [5, 5.41) is 10.7. The summed E-state index contributed by atoms with van der Waals surface area (Å²) in [5.41, 5.74) is -0.0881. The molecule has 0 spiro atoms. The zero-order valence-corrected chi connectivity index (χ0v) is 67.2. The van der Waals surface area contributed by atoms with Crippen molar-refractivity contribution in [2.24, 2.45) is 0 Å². The van der Waals surface area contributed by atoms with Crippen LogP contribution in [0.1, 0.15) is 122 Å². The highest BCUT2D eigenvalue weighted by atomic mass is 35.8. The molecule has 0 saturated carbocycles. The molecule has 0 radical (unpaired) electrons. The molecule has 0 aliphatic heterocycles. The van der Waals surface area contributed by atoms with E-state index < -0.39 is 44.9 Å². The Hall–Kier alpha value is -2.93. The lowest BCUT2D eigenvalue weighted by Crippen LogP contribution is -2.88. The van der Waals surface area contributed by atoms with Crippen LogP contribution in [0.25, 0.3) is 0 Å². The first-order chi connectivity index (χ1) is 43.0. The van der Waals surface area contributed by atoms with Crippen molar-refractivity contribution in [1.82, 2.24) is 8.46 Å². The minimum absolute atomic E-state index is 0.0440. The minimum atomic E-state index is -3.22. The molecule has 8 aromatic rings. The lowest BCUT2D eigenvalue weighted by molar-refractivity contribution is 0.501. The van der Waals surface area contributed by atoms with Crippen LogP contribution in [0.5, 0.6) is 0 Å². The van der Waals surface area contributed by atoms with Gasteiger partial charge in [-0.05, 0) is 136 Å². The molecule has 15 heteroatoms. The molecule has 2 nitrogen and oxygen atoms in total. The molecular weight excluding hydrogens is 1350 g/mol. The Morgan fingerprint density at radius 3 is 0.582 bits per heavy atom. The van der Waals surface area contributed by atoms with Crippen molar-refractivity contribution < 1.29 is 0 Å². The molecular formula is C76H98Cl6N2SSi6. The molecule has 484 valence electrons. The van der Waals surface area contributed by atoms with Crippen molar-refractivity contribution in [3.63, 3.8) is 0 Å². The lowest BCUT2D eigenvalue weighted by atomic mass is 10.2. The highest BCUT2D eigenvalue weighted by Gasteiger charge is 2.65. The number of thioether (sulfide) groups is 1. The predicted octanol–water partition coefficient (Wildman–Crippen LogP) is 19.0. The number of rotatable bonds is 28. The van der Waals surface area contributed by atoms with Gasteiger partial charge in [-0.2, -0.15) is 11.8 Å². The first kappa shape index (κ1) is 73.9. The van der Waals surface area contributed by atoms with Gasteiger partial charge in [-0.15, -0.1) is 66.5 Å². The number of benzene rings is 8. The summed E-state index contributed by atoms with van der Waals surface area (Å²) >= 11 is 45.9. The molecule has 91 heavy (non-hydrogen) atoms. The number of nitrogens with zero attached hydrogens (tertiary/aromatic N) is 2. The maximum absolute atomic E-state index is 7.32. The summed E-state index contributed by atoms with van der Waals surface area (Å²) in [6.07, 6.45) is 5.01. The molecule has 0 aliphatic carbocycles. The van der Waals surface area contributed by atoms with Gasteiger partial charge >= 0.3 is 12.0 Å². The number of hydrogen-bond donors (Lipinski definition) is 0. The highest BCUT2D eigenvalue weighted by molar-refractivity contribution is 7.99. The van der Waals surface area contributed by atoms with E-state index in [1.54, 1.807) is 0 Å². The first-order valence-corrected chi connectivity index (χ1v) is 51.9. The van der Waals surface area contributed by atoms with E-state index in [0.29, 0.717) is 0 Å². The second-order valence-electron chi connectivity index (χ2n) is 29.0. The molecule has 0 fully saturated rings. The van der Waals surface area contributed by atoms with Crippen molar-refractivity contribution >= 4 is 165 Å². The third kappa shape index (κ3) is 15.6. The van der Waals surface area contributed by atoms with E-state index in [1.165, 1.54) is 41.5 Å². The molecule has 0 amide bonds. The summed E-state index contributed by atoms with van der Waals surface area (Å²) in [7, 11) is -12.0. The van der Waals surface area contributed by atoms with Crippen LogP contribution in [0.15, 0.2) is 243 Å². The topological polar surface area (TPSA) is 6.48 Å². The summed E-state index contributed by atoms with van der Waals surface area (Å²) in [5.74, 6) is 1.73. The van der Waals surface area contributed by atoms with Crippen LogP contribution in [0.3, 0.4) is 0 Å². The summed E-state index contributed by atoms with van der Waals surface area (Å²) in [6.45, 7) is 31.7. The molecule has 2 atom stereocenters. The number of hydrogen-bond acceptors (Lipinski definition) is 3. The van der Waals surface area contributed by atoms with Gasteiger partial charge in [0.2, 0.25) is 0 Å². The van der Waals surface area contributed by atoms with Gasteiger partial charge in [0, 0.05) is 0 Å². The molecule has 8 aromatic carbocycles. The highest BCUT2D eigenvalue weighted by Crippen LogP contribution is 2.51. The third-order valence-electron chi connectivity index (χ3n) is 19.5. The van der Waals surface area contributed by atoms with Gasteiger partial charge in [0.05, 0.1) is 0 Å². The summed E-state index contributed by atoms with van der Waals surface area (Å²) < 4.78 is 6.31. The second-order valence-corrected chi connectivity index (χ2v) is 67.6. The van der Waals surface area contributed by atoms with E-state index in [2.05, 4.69) is 334 Å². The average Bonchev–Trinajstić information content (AvgIpc) is 0.698. The average molecular weight is 1450 g/mol. The monoisotopic (exact) mass is 1450 g/mol. The van der Waals surface area contributed by atoms with E-state index >= 15 is 0 Å². The molecule has 8 rings (SSSR count). The van der Waals surface area contributed by atoms with Crippen molar-refractivity contribution in [2.75, 3.05) is 24.6 Å². The fourth-order valence-electron chi connectivity index (χ4n) is 16.1. The zero-order chi connectivity index (χ0) is 66.0. The fraction of sp³-hybridized carbons (Fsp3) is 0.368. The maximum atomic E-state index is 7.32. The van der Waals surface area contributed by atoms with Gasteiger partial charge in [0.25, 0.3) is 0 Å². The van der Waals surface area contributed by atoms with Crippen molar-refractivity contribution in [2.45, 2.75) is 153 Å². The van der Waals surface area contributed by atoms with Crippen LogP contribution >= 0.6 is 78.2 Å². The Labute approximate surface area is 587 Å². The second kappa shape index (κ2) is 31.1. The zero-order valence-electron chi connectivity index (χ0n) is 55.9. The van der Waals surface area contributed by atoms with Gasteiger partial charge in [-0.1, -0.05) is 326 Å². The van der Waals surface area contributed by atoms with Gasteiger partial charge in [-0.3, -0.25) is 0 Å². The standard InChI is InChI=1S/C76H98Cl6N2SSi6/c1-73(2,3)86(63-39-21-13-22-40-63,64-41-23-14-24-42-64)83(87(74(4,5)6,65-43-25-15-26-44-65)66-45-27-16-28-46-66)59-37-55-71(90(77,78)79)57-61-85-62-58-72(91(80,81)82)56-38-60-84(88(75(7,8)9,67-47-29-17-30-48-67)68-49-31-18-32-50-68)89(76(10,11)12,69-51-33-19-34-52-69)70-53-35-20-36-54-70/h13-36,39-54,71-72H,37-38,55-62H2,1-12H3. The molecule has 0 aromatic heterocycles. The molecule has 2 unspecified atom stereocenters. The molecule has 0 heterocycles.